The number of fused-ring (bicyclic) bond motifs is 1. The van der Waals surface area contributed by atoms with Crippen LogP contribution in [0.5, 0.6) is 0 Å². The first-order chi connectivity index (χ1) is 19.6. The monoisotopic (exact) mass is 620 g/mol. The number of carbonyl (C=O) groups is 1. The molecule has 0 spiro atoms. The summed E-state index contributed by atoms with van der Waals surface area (Å²) in [5.74, 6) is 0.532. The van der Waals surface area contributed by atoms with Crippen LogP contribution in [-0.2, 0) is 11.0 Å². The van der Waals surface area contributed by atoms with Gasteiger partial charge < -0.3 is 9.80 Å². The molecule has 4 aromatic rings. The Hall–Kier alpha value is -3.21. The number of carbonyl (C=O) groups excluding carboxylic acids is 1. The van der Waals surface area contributed by atoms with Crippen LogP contribution in [0, 0.1) is 0 Å². The Balaban J connectivity index is 1.21. The van der Waals surface area contributed by atoms with Gasteiger partial charge in [0.2, 0.25) is 5.91 Å². The van der Waals surface area contributed by atoms with Crippen molar-refractivity contribution in [2.24, 2.45) is 0 Å². The van der Waals surface area contributed by atoms with Crippen molar-refractivity contribution in [3.8, 4) is 5.69 Å². The number of piperazine rings is 1. The Bertz CT molecular complexity index is 1640. The van der Waals surface area contributed by atoms with Crippen LogP contribution in [0.4, 0.5) is 18.9 Å². The smallest absolute Gasteiger partial charge is 0.368 e. The maximum atomic E-state index is 13.4. The van der Waals surface area contributed by atoms with E-state index >= 15 is 0 Å². The number of hydrogen-bond acceptors (Lipinski definition) is 5. The van der Waals surface area contributed by atoms with Crippen LogP contribution in [0.1, 0.15) is 18.4 Å². The molecule has 1 amide bonds. The minimum absolute atomic E-state index is 0.0114. The van der Waals surface area contributed by atoms with Crippen LogP contribution < -0.4 is 10.5 Å². The van der Waals surface area contributed by atoms with Crippen LogP contribution in [0.15, 0.2) is 76.7 Å². The number of alkyl halides is 3. The number of hydrogen-bond donors (Lipinski definition) is 0. The third-order valence-corrected chi connectivity index (χ3v) is 8.61. The second kappa shape index (κ2) is 12.3. The van der Waals surface area contributed by atoms with Crippen molar-refractivity contribution in [2.75, 3.05) is 36.8 Å². The number of anilines is 1. The average Bonchev–Trinajstić information content (AvgIpc) is 2.96. The topological polar surface area (TPSA) is 58.4 Å². The molecule has 2 heterocycles. The van der Waals surface area contributed by atoms with Gasteiger partial charge in [0.15, 0.2) is 5.16 Å². The summed E-state index contributed by atoms with van der Waals surface area (Å²) in [5, 5.41) is 1.65. The summed E-state index contributed by atoms with van der Waals surface area (Å²) < 4.78 is 40.8. The first kappa shape index (κ1) is 29.3. The number of nitrogens with zero attached hydrogens (tertiary/aromatic N) is 4. The average molecular weight is 622 g/mol. The van der Waals surface area contributed by atoms with Gasteiger partial charge in [-0.3, -0.25) is 14.2 Å². The molecule has 214 valence electrons. The Morgan fingerprint density at radius 3 is 2.39 bits per heavy atom. The summed E-state index contributed by atoms with van der Waals surface area (Å²) in [5.41, 5.74) is 0.702. The van der Waals surface area contributed by atoms with Gasteiger partial charge in [0.25, 0.3) is 5.56 Å². The summed E-state index contributed by atoms with van der Waals surface area (Å²) in [6, 6.07) is 17.3. The molecule has 0 bridgehead atoms. The molecule has 6 nitrogen and oxygen atoms in total. The molecule has 0 radical (unpaired) electrons. The molecule has 0 atom stereocenters. The molecule has 1 aromatic heterocycles. The van der Waals surface area contributed by atoms with Crippen molar-refractivity contribution < 1.29 is 18.0 Å². The zero-order chi connectivity index (χ0) is 29.1. The maximum Gasteiger partial charge on any atom is 0.416 e. The van der Waals surface area contributed by atoms with Crippen molar-refractivity contribution >= 4 is 57.5 Å². The summed E-state index contributed by atoms with van der Waals surface area (Å²) in [7, 11) is 0. The quantitative estimate of drug-likeness (QED) is 0.127. The highest BCUT2D eigenvalue weighted by Gasteiger charge is 2.31. The Morgan fingerprint density at radius 2 is 1.66 bits per heavy atom. The number of halogens is 5. The lowest BCUT2D eigenvalue weighted by atomic mass is 10.1. The fourth-order valence-corrected chi connectivity index (χ4v) is 5.94. The summed E-state index contributed by atoms with van der Waals surface area (Å²) >= 11 is 13.7. The molecule has 0 aliphatic carbocycles. The summed E-state index contributed by atoms with van der Waals surface area (Å²) in [6.45, 7) is 1.79. The number of thioether (sulfide) groups is 1. The standard InChI is InChI=1S/C29H25Cl2F3N4O2S/c30-23-11-10-21(18-24(23)31)38-27(40)22-7-1-2-8-25(22)35-28(38)41-16-4-9-26(39)37-14-12-36(13-15-37)20-6-3-5-19(17-20)29(32,33)34/h1-3,5-8,10-11,17-18H,4,9,12-16H2. The van der Waals surface area contributed by atoms with Crippen molar-refractivity contribution in [3.05, 3.63) is 92.7 Å². The van der Waals surface area contributed by atoms with E-state index in [9.17, 15) is 22.8 Å². The zero-order valence-corrected chi connectivity index (χ0v) is 24.0. The Labute approximate surface area is 248 Å². The maximum absolute atomic E-state index is 13.4. The van der Waals surface area contributed by atoms with E-state index in [2.05, 4.69) is 0 Å². The van der Waals surface area contributed by atoms with Crippen molar-refractivity contribution in [3.63, 3.8) is 0 Å². The molecule has 3 aromatic carbocycles. The zero-order valence-electron chi connectivity index (χ0n) is 21.7. The number of rotatable bonds is 7. The molecule has 0 saturated carbocycles. The molecule has 0 N–H and O–H groups in total. The molecule has 5 rings (SSSR count). The van der Waals surface area contributed by atoms with Gasteiger partial charge in [-0.1, -0.05) is 53.2 Å². The van der Waals surface area contributed by atoms with Gasteiger partial charge >= 0.3 is 6.18 Å². The Kier molecular flexibility index (Phi) is 8.82. The van der Waals surface area contributed by atoms with E-state index < -0.39 is 11.7 Å². The minimum atomic E-state index is -4.40. The first-order valence-electron chi connectivity index (χ1n) is 12.9. The molecular formula is C29H25Cl2F3N4O2S. The van der Waals surface area contributed by atoms with Gasteiger partial charge in [-0.25, -0.2) is 4.98 Å². The van der Waals surface area contributed by atoms with Gasteiger partial charge in [0.1, 0.15) is 0 Å². The molecule has 1 aliphatic rings. The van der Waals surface area contributed by atoms with Crippen molar-refractivity contribution in [2.45, 2.75) is 24.2 Å². The molecule has 0 unspecified atom stereocenters. The van der Waals surface area contributed by atoms with E-state index in [1.165, 1.54) is 22.4 Å². The normalized spacial score (nSPS) is 14.1. The lowest BCUT2D eigenvalue weighted by molar-refractivity contribution is -0.137. The van der Waals surface area contributed by atoms with Gasteiger partial charge in [-0.05, 0) is 55.0 Å². The van der Waals surface area contributed by atoms with Crippen molar-refractivity contribution in [1.82, 2.24) is 14.5 Å². The van der Waals surface area contributed by atoms with Crippen LogP contribution in [0.3, 0.4) is 0 Å². The van der Waals surface area contributed by atoms with Crippen LogP contribution in [0.25, 0.3) is 16.6 Å². The number of aromatic nitrogens is 2. The Morgan fingerprint density at radius 1 is 0.902 bits per heavy atom. The van der Waals surface area contributed by atoms with E-state index in [0.29, 0.717) is 82.3 Å². The fourth-order valence-electron chi connectivity index (χ4n) is 4.70. The van der Waals surface area contributed by atoms with E-state index in [-0.39, 0.29) is 11.5 Å². The summed E-state index contributed by atoms with van der Waals surface area (Å²) in [6.07, 6.45) is -3.53. The molecular weight excluding hydrogens is 596 g/mol. The third kappa shape index (κ3) is 6.66. The second-order valence-corrected chi connectivity index (χ2v) is 11.4. The van der Waals surface area contributed by atoms with E-state index in [1.807, 2.05) is 11.0 Å². The van der Waals surface area contributed by atoms with Crippen LogP contribution >= 0.6 is 35.0 Å². The number of para-hydroxylation sites is 1. The molecule has 12 heteroatoms. The van der Waals surface area contributed by atoms with Gasteiger partial charge in [-0.2, -0.15) is 13.2 Å². The molecule has 1 aliphatic heterocycles. The van der Waals surface area contributed by atoms with Crippen LogP contribution in [-0.4, -0.2) is 52.3 Å². The molecule has 1 fully saturated rings. The SMILES string of the molecule is O=C(CCCSc1nc2ccccc2c(=O)n1-c1ccc(Cl)c(Cl)c1)N1CCN(c2cccc(C(F)(F)F)c2)CC1. The highest BCUT2D eigenvalue weighted by Crippen LogP contribution is 2.32. The van der Waals surface area contributed by atoms with Crippen molar-refractivity contribution in [1.29, 1.82) is 0 Å². The van der Waals surface area contributed by atoms with Gasteiger partial charge in [0, 0.05) is 44.0 Å². The van der Waals surface area contributed by atoms with E-state index in [0.717, 1.165) is 12.1 Å². The molecule has 41 heavy (non-hydrogen) atoms. The first-order valence-corrected chi connectivity index (χ1v) is 14.7. The lowest BCUT2D eigenvalue weighted by Gasteiger charge is -2.36. The van der Waals surface area contributed by atoms with Crippen LogP contribution in [0.2, 0.25) is 10.0 Å². The predicted octanol–water partition coefficient (Wildman–Crippen LogP) is 6.93. The fraction of sp³-hybridized carbons (Fsp3) is 0.276. The largest absolute Gasteiger partial charge is 0.416 e. The third-order valence-electron chi connectivity index (χ3n) is 6.84. The van der Waals surface area contributed by atoms with Gasteiger partial charge in [0.05, 0.1) is 32.2 Å². The highest BCUT2D eigenvalue weighted by atomic mass is 35.5. The van der Waals surface area contributed by atoms with E-state index in [4.69, 9.17) is 28.2 Å². The number of amides is 1. The number of benzene rings is 3. The second-order valence-electron chi connectivity index (χ2n) is 9.52. The highest BCUT2D eigenvalue weighted by molar-refractivity contribution is 7.99. The lowest BCUT2D eigenvalue weighted by Crippen LogP contribution is -2.48. The minimum Gasteiger partial charge on any atom is -0.368 e. The van der Waals surface area contributed by atoms with Gasteiger partial charge in [-0.15, -0.1) is 0 Å². The predicted molar refractivity (Wildman–Crippen MR) is 158 cm³/mol. The molecule has 1 saturated heterocycles. The van der Waals surface area contributed by atoms with E-state index in [1.54, 1.807) is 47.4 Å². The summed E-state index contributed by atoms with van der Waals surface area (Å²) in [4.78, 5) is 34.6.